The van der Waals surface area contributed by atoms with Gasteiger partial charge in [0.25, 0.3) is 5.91 Å². The number of carbonyl (C=O) groups excluding carboxylic acids is 1. The first-order chi connectivity index (χ1) is 11.7. The Kier molecular flexibility index (Phi) is 4.47. The summed E-state index contributed by atoms with van der Waals surface area (Å²) in [6, 6.07) is 10.3. The highest BCUT2D eigenvalue weighted by Gasteiger charge is 2.32. The summed E-state index contributed by atoms with van der Waals surface area (Å²) < 4.78 is 36.9. The third kappa shape index (κ3) is 3.79. The Labute approximate surface area is 146 Å². The molecule has 1 amide bonds. The Bertz CT molecular complexity index is 929. The average molecular weight is 359 g/mol. The highest BCUT2D eigenvalue weighted by Crippen LogP contribution is 2.26. The second-order valence-electron chi connectivity index (χ2n) is 6.25. The molecule has 2 aromatic rings. The fraction of sp³-hybridized carbons (Fsp3) is 0.211. The molecule has 0 N–H and O–H groups in total. The normalized spacial score (nSPS) is 18.3. The van der Waals surface area contributed by atoms with Crippen molar-refractivity contribution in [1.82, 2.24) is 0 Å². The zero-order valence-corrected chi connectivity index (χ0v) is 14.8. The number of benzene rings is 2. The van der Waals surface area contributed by atoms with E-state index in [-0.39, 0.29) is 11.7 Å². The van der Waals surface area contributed by atoms with E-state index in [9.17, 15) is 17.6 Å². The molecule has 6 heteroatoms. The van der Waals surface area contributed by atoms with Crippen LogP contribution in [0, 0.1) is 19.7 Å². The second kappa shape index (κ2) is 6.44. The zero-order valence-electron chi connectivity index (χ0n) is 13.9. The summed E-state index contributed by atoms with van der Waals surface area (Å²) >= 11 is 0. The summed E-state index contributed by atoms with van der Waals surface area (Å²) in [5.41, 5.74) is 2.81. The lowest BCUT2D eigenvalue weighted by molar-refractivity contribution is 0.0983. The molecule has 0 aliphatic carbocycles. The fourth-order valence-corrected chi connectivity index (χ4v) is 4.29. The van der Waals surface area contributed by atoms with Gasteiger partial charge >= 0.3 is 0 Å². The van der Waals surface area contributed by atoms with Crippen molar-refractivity contribution < 1.29 is 17.6 Å². The number of hydrogen-bond acceptors (Lipinski definition) is 3. The predicted molar refractivity (Wildman–Crippen MR) is 95.8 cm³/mol. The molecule has 130 valence electrons. The highest BCUT2D eigenvalue weighted by molar-refractivity contribution is 7.94. The molecule has 0 saturated carbocycles. The van der Waals surface area contributed by atoms with Gasteiger partial charge in [0.05, 0.1) is 11.8 Å². The van der Waals surface area contributed by atoms with E-state index in [1.54, 1.807) is 12.1 Å². The van der Waals surface area contributed by atoms with E-state index < -0.39 is 21.7 Å². The molecular formula is C19H18FNO3S. The Morgan fingerprint density at radius 2 is 1.68 bits per heavy atom. The summed E-state index contributed by atoms with van der Waals surface area (Å²) in [7, 11) is -3.34. The minimum Gasteiger partial charge on any atom is -0.300 e. The third-order valence-electron chi connectivity index (χ3n) is 4.04. The number of hydrogen-bond donors (Lipinski definition) is 0. The Hall–Kier alpha value is -2.47. The zero-order chi connectivity index (χ0) is 18.2. The van der Waals surface area contributed by atoms with Crippen LogP contribution in [0.1, 0.15) is 21.5 Å². The molecule has 0 radical (unpaired) electrons. The molecule has 1 heterocycles. The number of rotatable bonds is 3. The molecular weight excluding hydrogens is 341 g/mol. The average Bonchev–Trinajstić information content (AvgIpc) is 2.88. The smallest absolute Gasteiger partial charge is 0.258 e. The van der Waals surface area contributed by atoms with Gasteiger partial charge in [-0.1, -0.05) is 17.2 Å². The summed E-state index contributed by atoms with van der Waals surface area (Å²) in [5, 5.41) is 1.13. The first kappa shape index (κ1) is 17.4. The standard InChI is InChI=1S/C19H18FNO3S/c1-13-9-14(2)11-15(10-13)19(22)21(17-5-3-16(20)4-6-17)18-7-8-25(23,24)12-18/h3-11,18H,12H2,1-2H3/t18-/m0/s1. The first-order valence-electron chi connectivity index (χ1n) is 7.83. The van der Waals surface area contributed by atoms with Crippen LogP contribution >= 0.6 is 0 Å². The number of sulfone groups is 1. The van der Waals surface area contributed by atoms with Crippen LogP contribution in [-0.4, -0.2) is 26.1 Å². The van der Waals surface area contributed by atoms with Gasteiger partial charge in [0.2, 0.25) is 0 Å². The summed E-state index contributed by atoms with van der Waals surface area (Å²) in [6.45, 7) is 3.79. The van der Waals surface area contributed by atoms with Crippen molar-refractivity contribution in [2.75, 3.05) is 10.7 Å². The molecule has 0 aromatic heterocycles. The molecule has 0 spiro atoms. The second-order valence-corrected chi connectivity index (χ2v) is 8.18. The van der Waals surface area contributed by atoms with Gasteiger partial charge in [0.1, 0.15) is 5.82 Å². The van der Waals surface area contributed by atoms with Gasteiger partial charge in [-0.05, 0) is 56.3 Å². The highest BCUT2D eigenvalue weighted by atomic mass is 32.2. The van der Waals surface area contributed by atoms with Crippen molar-refractivity contribution in [3.8, 4) is 0 Å². The van der Waals surface area contributed by atoms with Crippen molar-refractivity contribution >= 4 is 21.4 Å². The van der Waals surface area contributed by atoms with E-state index >= 15 is 0 Å². The van der Waals surface area contributed by atoms with Crippen LogP contribution in [0.2, 0.25) is 0 Å². The van der Waals surface area contributed by atoms with Gasteiger partial charge < -0.3 is 4.90 Å². The van der Waals surface area contributed by atoms with E-state index in [2.05, 4.69) is 0 Å². The molecule has 4 nitrogen and oxygen atoms in total. The molecule has 0 saturated heterocycles. The minimum absolute atomic E-state index is 0.180. The van der Waals surface area contributed by atoms with E-state index in [4.69, 9.17) is 0 Å². The van der Waals surface area contributed by atoms with Gasteiger partial charge in [-0.25, -0.2) is 12.8 Å². The molecule has 0 unspecified atom stereocenters. The first-order valence-corrected chi connectivity index (χ1v) is 9.55. The van der Waals surface area contributed by atoms with Crippen molar-refractivity contribution in [2.45, 2.75) is 19.9 Å². The molecule has 1 aliphatic rings. The molecule has 1 aliphatic heterocycles. The monoisotopic (exact) mass is 359 g/mol. The van der Waals surface area contributed by atoms with Crippen LogP contribution in [0.15, 0.2) is 53.9 Å². The maximum absolute atomic E-state index is 13.3. The quantitative estimate of drug-likeness (QED) is 0.844. The molecule has 3 rings (SSSR count). The molecule has 0 bridgehead atoms. The SMILES string of the molecule is Cc1cc(C)cc(C(=O)N(c2ccc(F)cc2)[C@H]2C=CS(=O)(=O)C2)c1. The summed E-state index contributed by atoms with van der Waals surface area (Å²) in [6.07, 6.45) is 1.50. The summed E-state index contributed by atoms with van der Waals surface area (Å²) in [4.78, 5) is 14.5. The van der Waals surface area contributed by atoms with Crippen molar-refractivity contribution in [3.63, 3.8) is 0 Å². The molecule has 1 atom stereocenters. The van der Waals surface area contributed by atoms with Gasteiger partial charge in [0.15, 0.2) is 9.84 Å². The van der Waals surface area contributed by atoms with Gasteiger partial charge in [-0.2, -0.15) is 0 Å². The maximum atomic E-state index is 13.3. The number of anilines is 1. The Balaban J connectivity index is 2.06. The van der Waals surface area contributed by atoms with E-state index in [1.807, 2.05) is 19.9 Å². The van der Waals surface area contributed by atoms with Crippen molar-refractivity contribution in [2.24, 2.45) is 0 Å². The van der Waals surface area contributed by atoms with E-state index in [0.717, 1.165) is 16.5 Å². The van der Waals surface area contributed by atoms with Crippen LogP contribution in [0.25, 0.3) is 0 Å². The number of carbonyl (C=O) groups is 1. The van der Waals surface area contributed by atoms with Crippen molar-refractivity contribution in [1.29, 1.82) is 0 Å². The van der Waals surface area contributed by atoms with Crippen LogP contribution < -0.4 is 4.90 Å². The largest absolute Gasteiger partial charge is 0.300 e. The molecule has 0 fully saturated rings. The topological polar surface area (TPSA) is 54.5 Å². The number of amides is 1. The number of halogens is 1. The van der Waals surface area contributed by atoms with Crippen LogP contribution in [0.5, 0.6) is 0 Å². The maximum Gasteiger partial charge on any atom is 0.258 e. The predicted octanol–water partition coefficient (Wildman–Crippen LogP) is 3.40. The number of nitrogens with zero attached hydrogens (tertiary/aromatic N) is 1. The van der Waals surface area contributed by atoms with Crippen molar-refractivity contribution in [3.05, 3.63) is 76.5 Å². The third-order valence-corrected chi connectivity index (χ3v) is 5.41. The number of aryl methyl sites for hydroxylation is 2. The fourth-order valence-electron chi connectivity index (χ4n) is 3.02. The lowest BCUT2D eigenvalue weighted by Gasteiger charge is -2.28. The molecule has 2 aromatic carbocycles. The van der Waals surface area contributed by atoms with Crippen LogP contribution in [0.3, 0.4) is 0 Å². The Morgan fingerprint density at radius 3 is 2.20 bits per heavy atom. The van der Waals surface area contributed by atoms with E-state index in [1.165, 1.54) is 35.2 Å². The van der Waals surface area contributed by atoms with Crippen LogP contribution in [-0.2, 0) is 9.84 Å². The van der Waals surface area contributed by atoms with E-state index in [0.29, 0.717) is 11.3 Å². The van der Waals surface area contributed by atoms with Gasteiger partial charge in [0, 0.05) is 16.7 Å². The summed E-state index contributed by atoms with van der Waals surface area (Å²) in [5.74, 6) is -0.914. The Morgan fingerprint density at radius 1 is 1.08 bits per heavy atom. The van der Waals surface area contributed by atoms with Gasteiger partial charge in [-0.15, -0.1) is 0 Å². The lowest BCUT2D eigenvalue weighted by atomic mass is 10.0. The van der Waals surface area contributed by atoms with Crippen LogP contribution in [0.4, 0.5) is 10.1 Å². The molecule has 25 heavy (non-hydrogen) atoms. The minimum atomic E-state index is -3.34. The van der Waals surface area contributed by atoms with Gasteiger partial charge in [-0.3, -0.25) is 4.79 Å². The lowest BCUT2D eigenvalue weighted by Crippen LogP contribution is -2.41.